The first-order valence-corrected chi connectivity index (χ1v) is 6.78. The van der Waals surface area contributed by atoms with Crippen molar-refractivity contribution in [2.24, 2.45) is 5.73 Å². The van der Waals surface area contributed by atoms with Crippen molar-refractivity contribution in [3.63, 3.8) is 0 Å². The molecule has 0 saturated carbocycles. The molecule has 0 aliphatic heterocycles. The second-order valence-electron chi connectivity index (χ2n) is 4.82. The van der Waals surface area contributed by atoms with Gasteiger partial charge in [-0.15, -0.1) is 0 Å². The number of rotatable bonds is 5. The highest BCUT2D eigenvalue weighted by Crippen LogP contribution is 2.18. The van der Waals surface area contributed by atoms with Crippen molar-refractivity contribution in [1.82, 2.24) is 0 Å². The number of carbonyl (C=O) groups is 2. The number of carbonyl (C=O) groups excluding carboxylic acids is 2. The van der Waals surface area contributed by atoms with Crippen molar-refractivity contribution in [1.29, 1.82) is 0 Å². The van der Waals surface area contributed by atoms with Crippen LogP contribution in [-0.4, -0.2) is 18.2 Å². The molecule has 1 atom stereocenters. The molecule has 0 bridgehead atoms. The fraction of sp³-hybridized carbons (Fsp3) is 0.176. The average molecular weight is 282 g/mol. The van der Waals surface area contributed by atoms with E-state index in [1.165, 1.54) is 6.92 Å². The third-order valence-corrected chi connectivity index (χ3v) is 3.31. The highest BCUT2D eigenvalue weighted by atomic mass is 16.2. The Morgan fingerprint density at radius 2 is 1.67 bits per heavy atom. The number of hydrogen-bond acceptors (Lipinski definition) is 3. The van der Waals surface area contributed by atoms with E-state index < -0.39 is 5.92 Å². The normalized spacial score (nSPS) is 11.7. The summed E-state index contributed by atoms with van der Waals surface area (Å²) < 4.78 is 0. The number of amides is 1. The molecule has 108 valence electrons. The van der Waals surface area contributed by atoms with Gasteiger partial charge in [0, 0.05) is 17.8 Å². The minimum atomic E-state index is -0.390. The molecule has 0 spiro atoms. The van der Waals surface area contributed by atoms with Gasteiger partial charge in [0.05, 0.1) is 5.92 Å². The molecule has 0 aromatic heterocycles. The molecule has 3 N–H and O–H groups in total. The molecule has 4 heteroatoms. The first-order chi connectivity index (χ1) is 10.1. The molecule has 0 radical (unpaired) electrons. The SMILES string of the molecule is CC(=O)c1ccc(NC(=O)C(CN)c2ccccc2)cc1. The van der Waals surface area contributed by atoms with Crippen molar-refractivity contribution < 1.29 is 9.59 Å². The summed E-state index contributed by atoms with van der Waals surface area (Å²) in [4.78, 5) is 23.5. The van der Waals surface area contributed by atoms with Gasteiger partial charge < -0.3 is 11.1 Å². The van der Waals surface area contributed by atoms with Crippen LogP contribution in [0.2, 0.25) is 0 Å². The van der Waals surface area contributed by atoms with Gasteiger partial charge in [0.2, 0.25) is 5.91 Å². The van der Waals surface area contributed by atoms with E-state index in [1.54, 1.807) is 24.3 Å². The van der Waals surface area contributed by atoms with Crippen molar-refractivity contribution in [2.45, 2.75) is 12.8 Å². The summed E-state index contributed by atoms with van der Waals surface area (Å²) in [5, 5.41) is 2.83. The monoisotopic (exact) mass is 282 g/mol. The van der Waals surface area contributed by atoms with Crippen LogP contribution in [0.15, 0.2) is 54.6 Å². The topological polar surface area (TPSA) is 72.2 Å². The summed E-state index contributed by atoms with van der Waals surface area (Å²) in [5.74, 6) is -0.546. The molecule has 1 unspecified atom stereocenters. The van der Waals surface area contributed by atoms with Crippen molar-refractivity contribution in [3.8, 4) is 0 Å². The Labute approximate surface area is 124 Å². The van der Waals surface area contributed by atoms with Gasteiger partial charge in [-0.3, -0.25) is 9.59 Å². The number of nitrogens with one attached hydrogen (secondary N) is 1. The minimum absolute atomic E-state index is 0.00278. The van der Waals surface area contributed by atoms with Crippen LogP contribution in [0.3, 0.4) is 0 Å². The fourth-order valence-electron chi connectivity index (χ4n) is 2.10. The number of ketones is 1. The Kier molecular flexibility index (Phi) is 4.85. The van der Waals surface area contributed by atoms with E-state index >= 15 is 0 Å². The quantitative estimate of drug-likeness (QED) is 0.828. The summed E-state index contributed by atoms with van der Waals surface area (Å²) >= 11 is 0. The predicted octanol–water partition coefficient (Wildman–Crippen LogP) is 2.57. The van der Waals surface area contributed by atoms with E-state index in [1.807, 2.05) is 30.3 Å². The summed E-state index contributed by atoms with van der Waals surface area (Å²) in [6.45, 7) is 1.74. The highest BCUT2D eigenvalue weighted by molar-refractivity contribution is 5.97. The van der Waals surface area contributed by atoms with Crippen LogP contribution in [0.5, 0.6) is 0 Å². The molecule has 0 heterocycles. The maximum absolute atomic E-state index is 12.3. The molecular formula is C17H18N2O2. The lowest BCUT2D eigenvalue weighted by atomic mass is 9.98. The van der Waals surface area contributed by atoms with Gasteiger partial charge in [0.25, 0.3) is 0 Å². The number of nitrogens with two attached hydrogens (primary N) is 1. The van der Waals surface area contributed by atoms with Gasteiger partial charge in [-0.25, -0.2) is 0 Å². The highest BCUT2D eigenvalue weighted by Gasteiger charge is 2.18. The predicted molar refractivity (Wildman–Crippen MR) is 83.3 cm³/mol. The van der Waals surface area contributed by atoms with Gasteiger partial charge in [-0.1, -0.05) is 30.3 Å². The van der Waals surface area contributed by atoms with Crippen LogP contribution >= 0.6 is 0 Å². The second-order valence-corrected chi connectivity index (χ2v) is 4.82. The van der Waals surface area contributed by atoms with Crippen LogP contribution in [-0.2, 0) is 4.79 Å². The van der Waals surface area contributed by atoms with Crippen molar-refractivity contribution >= 4 is 17.4 Å². The molecule has 4 nitrogen and oxygen atoms in total. The molecule has 21 heavy (non-hydrogen) atoms. The first-order valence-electron chi connectivity index (χ1n) is 6.78. The average Bonchev–Trinajstić information content (AvgIpc) is 2.49. The largest absolute Gasteiger partial charge is 0.329 e. The van der Waals surface area contributed by atoms with Gasteiger partial charge in [-0.2, -0.15) is 0 Å². The van der Waals surface area contributed by atoms with E-state index in [0.717, 1.165) is 5.56 Å². The first kappa shape index (κ1) is 14.9. The van der Waals surface area contributed by atoms with Crippen LogP contribution in [0.1, 0.15) is 28.8 Å². The van der Waals surface area contributed by atoms with Crippen LogP contribution in [0.25, 0.3) is 0 Å². The molecule has 2 rings (SSSR count). The molecule has 1 amide bonds. The number of benzene rings is 2. The number of Topliss-reactive ketones (excluding diaryl/α,β-unsaturated/α-hetero) is 1. The Balaban J connectivity index is 2.11. The third kappa shape index (κ3) is 3.77. The van der Waals surface area contributed by atoms with Gasteiger partial charge >= 0.3 is 0 Å². The molecule has 2 aromatic rings. The van der Waals surface area contributed by atoms with Gasteiger partial charge in [0.15, 0.2) is 5.78 Å². The summed E-state index contributed by atoms with van der Waals surface area (Å²) in [7, 11) is 0. The zero-order chi connectivity index (χ0) is 15.2. The maximum atomic E-state index is 12.3. The van der Waals surface area contributed by atoms with E-state index in [0.29, 0.717) is 11.3 Å². The molecular weight excluding hydrogens is 264 g/mol. The van der Waals surface area contributed by atoms with Crippen molar-refractivity contribution in [2.75, 3.05) is 11.9 Å². The zero-order valence-corrected chi connectivity index (χ0v) is 11.9. The molecule has 0 fully saturated rings. The summed E-state index contributed by atoms with van der Waals surface area (Å²) in [6.07, 6.45) is 0. The Morgan fingerprint density at radius 3 is 2.19 bits per heavy atom. The zero-order valence-electron chi connectivity index (χ0n) is 11.9. The minimum Gasteiger partial charge on any atom is -0.329 e. The van der Waals surface area contributed by atoms with E-state index in [9.17, 15) is 9.59 Å². The summed E-state index contributed by atoms with van der Waals surface area (Å²) in [6, 6.07) is 16.2. The lowest BCUT2D eigenvalue weighted by Gasteiger charge is -2.15. The molecule has 0 saturated heterocycles. The third-order valence-electron chi connectivity index (χ3n) is 3.31. The molecule has 0 aliphatic rings. The number of anilines is 1. The molecule has 2 aromatic carbocycles. The Bertz CT molecular complexity index is 621. The standard InChI is InChI=1S/C17H18N2O2/c1-12(20)13-7-9-15(10-8-13)19-17(21)16(11-18)14-5-3-2-4-6-14/h2-10,16H,11,18H2,1H3,(H,19,21). The van der Waals surface area contributed by atoms with Crippen LogP contribution in [0, 0.1) is 0 Å². The Hall–Kier alpha value is -2.46. The lowest BCUT2D eigenvalue weighted by Crippen LogP contribution is -2.27. The fourth-order valence-corrected chi connectivity index (χ4v) is 2.10. The van der Waals surface area contributed by atoms with Gasteiger partial charge in [-0.05, 0) is 36.8 Å². The number of hydrogen-bond donors (Lipinski definition) is 2. The lowest BCUT2D eigenvalue weighted by molar-refractivity contribution is -0.117. The van der Waals surface area contributed by atoms with Crippen LogP contribution < -0.4 is 11.1 Å². The van der Waals surface area contributed by atoms with Gasteiger partial charge in [0.1, 0.15) is 0 Å². The smallest absolute Gasteiger partial charge is 0.233 e. The summed E-state index contributed by atoms with van der Waals surface area (Å²) in [5.41, 5.74) is 7.87. The van der Waals surface area contributed by atoms with Crippen molar-refractivity contribution in [3.05, 3.63) is 65.7 Å². The van der Waals surface area contributed by atoms with E-state index in [2.05, 4.69) is 5.32 Å². The Morgan fingerprint density at radius 1 is 1.05 bits per heavy atom. The second kappa shape index (κ2) is 6.81. The molecule has 0 aliphatic carbocycles. The van der Waals surface area contributed by atoms with Crippen LogP contribution in [0.4, 0.5) is 5.69 Å². The maximum Gasteiger partial charge on any atom is 0.233 e. The van der Waals surface area contributed by atoms with E-state index in [-0.39, 0.29) is 18.2 Å². The van der Waals surface area contributed by atoms with E-state index in [4.69, 9.17) is 5.73 Å².